The van der Waals surface area contributed by atoms with Crippen LogP contribution >= 0.6 is 11.6 Å². The Morgan fingerprint density at radius 2 is 1.96 bits per heavy atom. The predicted molar refractivity (Wildman–Crippen MR) is 102 cm³/mol. The van der Waals surface area contributed by atoms with Gasteiger partial charge in [0.2, 0.25) is 5.95 Å². The van der Waals surface area contributed by atoms with Gasteiger partial charge in [-0.1, -0.05) is 23.7 Å². The molecule has 28 heavy (non-hydrogen) atoms. The van der Waals surface area contributed by atoms with E-state index in [9.17, 15) is 4.79 Å². The van der Waals surface area contributed by atoms with Crippen LogP contribution in [0.4, 0.5) is 11.6 Å². The topological polar surface area (TPSA) is 132 Å². The summed E-state index contributed by atoms with van der Waals surface area (Å²) in [5.74, 6) is -0.0228. The molecular formula is C18H13ClN8O. The van der Waals surface area contributed by atoms with Gasteiger partial charge in [-0.15, -0.1) is 0 Å². The number of nitrogens with zero attached hydrogens (tertiary/aromatic N) is 6. The molecule has 2 N–H and O–H groups in total. The van der Waals surface area contributed by atoms with Crippen LogP contribution in [0.25, 0.3) is 11.3 Å². The van der Waals surface area contributed by atoms with Gasteiger partial charge in [0.05, 0.1) is 40.9 Å². The molecule has 0 aliphatic rings. The number of rotatable bonds is 6. The summed E-state index contributed by atoms with van der Waals surface area (Å²) in [4.78, 5) is 20.4. The second kappa shape index (κ2) is 8.62. The summed E-state index contributed by atoms with van der Waals surface area (Å²) in [7, 11) is 0. The minimum atomic E-state index is -0.335. The number of carbonyl (C=O) groups is 1. The van der Waals surface area contributed by atoms with E-state index in [1.54, 1.807) is 36.7 Å². The van der Waals surface area contributed by atoms with E-state index in [-0.39, 0.29) is 19.0 Å². The van der Waals surface area contributed by atoms with Crippen molar-refractivity contribution in [1.29, 1.82) is 10.5 Å². The van der Waals surface area contributed by atoms with Crippen LogP contribution in [0.1, 0.15) is 10.4 Å². The van der Waals surface area contributed by atoms with Crippen LogP contribution in [0.2, 0.25) is 5.02 Å². The number of hydrogen-bond acceptors (Lipinski definition) is 7. The van der Waals surface area contributed by atoms with Crippen LogP contribution in [-0.4, -0.2) is 32.2 Å². The maximum absolute atomic E-state index is 11.9. The number of aromatic nitrogens is 4. The van der Waals surface area contributed by atoms with Gasteiger partial charge in [0.15, 0.2) is 0 Å². The van der Waals surface area contributed by atoms with E-state index >= 15 is 0 Å². The largest absolute Gasteiger partial charge is 0.339 e. The zero-order chi connectivity index (χ0) is 19.9. The fraction of sp³-hybridized carbons (Fsp3) is 0.111. The first-order valence-electron chi connectivity index (χ1n) is 8.05. The number of nitrogens with one attached hydrogen (secondary N) is 2. The van der Waals surface area contributed by atoms with Crippen LogP contribution in [0.3, 0.4) is 0 Å². The van der Waals surface area contributed by atoms with Crippen LogP contribution in [0.15, 0.2) is 42.9 Å². The van der Waals surface area contributed by atoms with Crippen molar-refractivity contribution in [3.05, 3.63) is 53.4 Å². The summed E-state index contributed by atoms with van der Waals surface area (Å²) >= 11 is 6.23. The average molecular weight is 393 g/mol. The Balaban J connectivity index is 1.80. The highest BCUT2D eigenvalue weighted by molar-refractivity contribution is 6.32. The smallest absolute Gasteiger partial charge is 0.252 e. The number of halogens is 1. The Hall–Kier alpha value is -3.95. The molecule has 138 valence electrons. The van der Waals surface area contributed by atoms with Crippen molar-refractivity contribution in [2.24, 2.45) is 0 Å². The lowest BCUT2D eigenvalue weighted by Crippen LogP contribution is -2.23. The van der Waals surface area contributed by atoms with Gasteiger partial charge in [-0.25, -0.2) is 9.97 Å². The molecule has 3 rings (SSSR count). The van der Waals surface area contributed by atoms with Crippen molar-refractivity contribution in [3.8, 4) is 23.4 Å². The molecule has 0 radical (unpaired) electrons. The number of amides is 1. The van der Waals surface area contributed by atoms with E-state index in [0.717, 1.165) is 0 Å². The SMILES string of the molecule is N#CCNC(=O)c1ccc(-c2nc(Nc3cnn(CC#N)c3)ncc2Cl)cc1. The molecule has 2 heterocycles. The summed E-state index contributed by atoms with van der Waals surface area (Å²) < 4.78 is 1.48. The number of benzene rings is 1. The molecule has 1 amide bonds. The monoisotopic (exact) mass is 392 g/mol. The van der Waals surface area contributed by atoms with Gasteiger partial charge in [-0.3, -0.25) is 9.48 Å². The Bertz CT molecular complexity index is 1080. The van der Waals surface area contributed by atoms with Crippen LogP contribution in [0, 0.1) is 22.7 Å². The van der Waals surface area contributed by atoms with Gasteiger partial charge >= 0.3 is 0 Å². The minimum Gasteiger partial charge on any atom is -0.339 e. The van der Waals surface area contributed by atoms with E-state index in [1.165, 1.54) is 10.9 Å². The summed E-state index contributed by atoms with van der Waals surface area (Å²) in [6.07, 6.45) is 4.69. The van der Waals surface area contributed by atoms with Gasteiger partial charge in [0, 0.05) is 17.3 Å². The summed E-state index contributed by atoms with van der Waals surface area (Å²) in [6, 6.07) is 10.5. The summed E-state index contributed by atoms with van der Waals surface area (Å²) in [5.41, 5.74) is 2.25. The minimum absolute atomic E-state index is 0.0572. The van der Waals surface area contributed by atoms with Gasteiger partial charge in [-0.2, -0.15) is 15.6 Å². The third-order valence-corrected chi connectivity index (χ3v) is 3.89. The van der Waals surface area contributed by atoms with Crippen molar-refractivity contribution in [3.63, 3.8) is 0 Å². The molecule has 3 aromatic rings. The normalized spacial score (nSPS) is 9.96. The standard InChI is InChI=1S/C18H13ClN8O/c19-15-10-23-18(25-14-9-24-27(11-14)8-6-21)26-16(15)12-1-3-13(4-2-12)17(28)22-7-5-20/h1-4,9-11H,7-8H2,(H,22,28)(H,23,25,26). The molecule has 0 aliphatic heterocycles. The number of anilines is 2. The van der Waals surface area contributed by atoms with Crippen molar-refractivity contribution in [1.82, 2.24) is 25.1 Å². The maximum Gasteiger partial charge on any atom is 0.252 e. The highest BCUT2D eigenvalue weighted by Crippen LogP contribution is 2.27. The number of carbonyl (C=O) groups excluding carboxylic acids is 1. The molecule has 0 bridgehead atoms. The maximum atomic E-state index is 11.9. The van der Waals surface area contributed by atoms with Gasteiger partial charge in [0.25, 0.3) is 5.91 Å². The first-order chi connectivity index (χ1) is 13.6. The van der Waals surface area contributed by atoms with Crippen molar-refractivity contribution >= 4 is 29.1 Å². The molecule has 2 aromatic heterocycles. The fourth-order valence-corrected chi connectivity index (χ4v) is 2.55. The van der Waals surface area contributed by atoms with Gasteiger partial charge < -0.3 is 10.6 Å². The van der Waals surface area contributed by atoms with E-state index < -0.39 is 0 Å². The summed E-state index contributed by atoms with van der Waals surface area (Å²) in [5, 5.41) is 27.1. The van der Waals surface area contributed by atoms with Gasteiger partial charge in [-0.05, 0) is 12.1 Å². The van der Waals surface area contributed by atoms with Crippen LogP contribution in [0.5, 0.6) is 0 Å². The van der Waals surface area contributed by atoms with Crippen LogP contribution < -0.4 is 10.6 Å². The zero-order valence-corrected chi connectivity index (χ0v) is 15.2. The second-order valence-electron chi connectivity index (χ2n) is 5.52. The highest BCUT2D eigenvalue weighted by Gasteiger charge is 2.11. The molecule has 0 spiro atoms. The first-order valence-corrected chi connectivity index (χ1v) is 8.43. The van der Waals surface area contributed by atoms with Crippen LogP contribution in [-0.2, 0) is 6.54 Å². The van der Waals surface area contributed by atoms with Crippen molar-refractivity contribution in [2.75, 3.05) is 11.9 Å². The molecule has 0 unspecified atom stereocenters. The molecule has 0 atom stereocenters. The van der Waals surface area contributed by atoms with Crippen molar-refractivity contribution < 1.29 is 4.79 Å². The lowest BCUT2D eigenvalue weighted by molar-refractivity contribution is 0.0958. The molecule has 0 saturated carbocycles. The molecule has 0 aliphatic carbocycles. The Labute approximate surface area is 165 Å². The molecule has 0 fully saturated rings. The number of nitriles is 2. The van der Waals surface area contributed by atoms with E-state index in [2.05, 4.69) is 25.7 Å². The number of hydrogen-bond donors (Lipinski definition) is 2. The average Bonchev–Trinajstić information content (AvgIpc) is 3.15. The lowest BCUT2D eigenvalue weighted by Gasteiger charge is -2.08. The molecule has 9 nitrogen and oxygen atoms in total. The van der Waals surface area contributed by atoms with E-state index in [0.29, 0.717) is 33.5 Å². The predicted octanol–water partition coefficient (Wildman–Crippen LogP) is 2.51. The second-order valence-corrected chi connectivity index (χ2v) is 5.93. The zero-order valence-electron chi connectivity index (χ0n) is 14.4. The highest BCUT2D eigenvalue weighted by atomic mass is 35.5. The van der Waals surface area contributed by atoms with E-state index in [4.69, 9.17) is 22.1 Å². The Kier molecular flexibility index (Phi) is 5.80. The Morgan fingerprint density at radius 3 is 2.68 bits per heavy atom. The Morgan fingerprint density at radius 1 is 1.18 bits per heavy atom. The molecule has 0 saturated heterocycles. The quantitative estimate of drug-likeness (QED) is 0.615. The molecule has 10 heteroatoms. The lowest BCUT2D eigenvalue weighted by atomic mass is 10.1. The third-order valence-electron chi connectivity index (χ3n) is 3.61. The third kappa shape index (κ3) is 4.41. The molecular weight excluding hydrogens is 380 g/mol. The van der Waals surface area contributed by atoms with E-state index in [1.807, 2.05) is 12.1 Å². The molecule has 1 aromatic carbocycles. The van der Waals surface area contributed by atoms with Gasteiger partial charge in [0.1, 0.15) is 13.1 Å². The summed E-state index contributed by atoms with van der Waals surface area (Å²) in [6.45, 7) is 0.0843. The van der Waals surface area contributed by atoms with Crippen molar-refractivity contribution in [2.45, 2.75) is 6.54 Å². The first kappa shape index (κ1) is 18.8. The fourth-order valence-electron chi connectivity index (χ4n) is 2.35.